The molecule has 3 aromatic rings. The summed E-state index contributed by atoms with van der Waals surface area (Å²) in [4.78, 5) is 12.2. The Morgan fingerprint density at radius 2 is 1.78 bits per heavy atom. The third-order valence-corrected chi connectivity index (χ3v) is 4.05. The third-order valence-electron chi connectivity index (χ3n) is 4.05. The van der Waals surface area contributed by atoms with Gasteiger partial charge in [0.05, 0.1) is 5.56 Å². The van der Waals surface area contributed by atoms with E-state index in [2.05, 4.69) is 19.1 Å². The Hall–Kier alpha value is -2.55. The summed E-state index contributed by atoms with van der Waals surface area (Å²) in [5, 5.41) is 10.3. The second-order valence-electron chi connectivity index (χ2n) is 5.82. The van der Waals surface area contributed by atoms with Crippen molar-refractivity contribution in [2.75, 3.05) is 0 Å². The summed E-state index contributed by atoms with van der Waals surface area (Å²) in [7, 11) is 0. The number of aryl methyl sites for hydroxylation is 1. The zero-order valence-electron chi connectivity index (χ0n) is 13.2. The Morgan fingerprint density at radius 1 is 1.00 bits per heavy atom. The van der Waals surface area contributed by atoms with Gasteiger partial charge >= 0.3 is 5.63 Å². The maximum Gasteiger partial charge on any atom is 0.344 e. The van der Waals surface area contributed by atoms with Gasteiger partial charge < -0.3 is 9.52 Å². The number of rotatable bonds is 5. The maximum absolute atomic E-state index is 12.2. The number of phenols is 1. The van der Waals surface area contributed by atoms with Gasteiger partial charge in [0.15, 0.2) is 0 Å². The average Bonchev–Trinajstić information content (AvgIpc) is 2.55. The number of benzene rings is 2. The van der Waals surface area contributed by atoms with Crippen LogP contribution in [0.25, 0.3) is 22.1 Å². The minimum absolute atomic E-state index is 0.0878. The molecule has 0 saturated carbocycles. The predicted molar refractivity (Wildman–Crippen MR) is 92.8 cm³/mol. The zero-order chi connectivity index (χ0) is 16.2. The standard InChI is InChI=1S/C20H20O3/c1-2-3-4-5-14-6-8-15(9-7-14)18-12-16-10-11-17(21)13-19(16)23-20(18)22/h6-13,21H,2-5H2,1H3. The number of hydrogen-bond acceptors (Lipinski definition) is 3. The van der Waals surface area contributed by atoms with E-state index in [1.165, 1.54) is 30.9 Å². The molecule has 23 heavy (non-hydrogen) atoms. The van der Waals surface area contributed by atoms with Crippen LogP contribution in [0, 0.1) is 0 Å². The highest BCUT2D eigenvalue weighted by Crippen LogP contribution is 2.24. The SMILES string of the molecule is CCCCCc1ccc(-c2cc3ccc(O)cc3oc2=O)cc1. The van der Waals surface area contributed by atoms with Gasteiger partial charge in [-0.2, -0.15) is 0 Å². The smallest absolute Gasteiger partial charge is 0.344 e. The molecule has 3 heteroatoms. The predicted octanol–water partition coefficient (Wildman–Crippen LogP) is 4.90. The molecule has 1 aromatic heterocycles. The summed E-state index contributed by atoms with van der Waals surface area (Å²) in [5.74, 6) is 0.0878. The van der Waals surface area contributed by atoms with Crippen LogP contribution in [0.5, 0.6) is 5.75 Å². The summed E-state index contributed by atoms with van der Waals surface area (Å²) in [5.41, 5.74) is 2.70. The van der Waals surface area contributed by atoms with E-state index in [1.807, 2.05) is 18.2 Å². The molecule has 0 aliphatic carbocycles. The number of fused-ring (bicyclic) bond motifs is 1. The van der Waals surface area contributed by atoms with Crippen molar-refractivity contribution in [1.82, 2.24) is 0 Å². The van der Waals surface area contributed by atoms with Gasteiger partial charge in [-0.15, -0.1) is 0 Å². The van der Waals surface area contributed by atoms with Gasteiger partial charge in [-0.1, -0.05) is 44.0 Å². The molecule has 0 aliphatic rings. The molecule has 1 heterocycles. The van der Waals surface area contributed by atoms with Crippen molar-refractivity contribution in [1.29, 1.82) is 0 Å². The van der Waals surface area contributed by atoms with E-state index in [0.29, 0.717) is 11.1 Å². The van der Waals surface area contributed by atoms with Crippen LogP contribution < -0.4 is 5.63 Å². The van der Waals surface area contributed by atoms with Gasteiger partial charge in [0.25, 0.3) is 0 Å². The molecular formula is C20H20O3. The number of aromatic hydroxyl groups is 1. The molecule has 1 N–H and O–H groups in total. The van der Waals surface area contributed by atoms with Crippen LogP contribution in [-0.2, 0) is 6.42 Å². The molecule has 0 aliphatic heterocycles. The van der Waals surface area contributed by atoms with Gasteiger partial charge in [-0.25, -0.2) is 4.79 Å². The van der Waals surface area contributed by atoms with Gasteiger partial charge in [-0.3, -0.25) is 0 Å². The molecule has 0 bridgehead atoms. The summed E-state index contributed by atoms with van der Waals surface area (Å²) >= 11 is 0. The molecular weight excluding hydrogens is 288 g/mol. The van der Waals surface area contributed by atoms with E-state index >= 15 is 0 Å². The lowest BCUT2D eigenvalue weighted by molar-refractivity contribution is 0.473. The first kappa shape index (κ1) is 15.3. The molecule has 2 aromatic carbocycles. The second-order valence-corrected chi connectivity index (χ2v) is 5.82. The lowest BCUT2D eigenvalue weighted by Gasteiger charge is -2.05. The summed E-state index contributed by atoms with van der Waals surface area (Å²) in [6.07, 6.45) is 4.71. The maximum atomic E-state index is 12.2. The van der Waals surface area contributed by atoms with E-state index in [9.17, 15) is 9.90 Å². The van der Waals surface area contributed by atoms with Crippen LogP contribution in [0.4, 0.5) is 0 Å². The first-order valence-corrected chi connectivity index (χ1v) is 8.03. The number of hydrogen-bond donors (Lipinski definition) is 1. The van der Waals surface area contributed by atoms with Crippen molar-refractivity contribution < 1.29 is 9.52 Å². The molecule has 0 radical (unpaired) electrons. The Bertz CT molecular complexity index is 860. The van der Waals surface area contributed by atoms with Crippen molar-refractivity contribution in [3.05, 3.63) is 64.5 Å². The Kier molecular flexibility index (Phi) is 4.47. The van der Waals surface area contributed by atoms with Gasteiger partial charge in [0, 0.05) is 11.5 Å². The molecule has 3 rings (SSSR count). The fourth-order valence-electron chi connectivity index (χ4n) is 2.73. The van der Waals surface area contributed by atoms with Gasteiger partial charge in [-0.05, 0) is 42.2 Å². The van der Waals surface area contributed by atoms with Gasteiger partial charge in [0.1, 0.15) is 11.3 Å². The lowest BCUT2D eigenvalue weighted by atomic mass is 10.0. The first-order valence-electron chi connectivity index (χ1n) is 8.03. The largest absolute Gasteiger partial charge is 0.508 e. The van der Waals surface area contributed by atoms with Crippen LogP contribution in [-0.4, -0.2) is 5.11 Å². The molecule has 0 atom stereocenters. The van der Waals surface area contributed by atoms with Crippen LogP contribution in [0.15, 0.2) is 57.7 Å². The highest BCUT2D eigenvalue weighted by atomic mass is 16.4. The van der Waals surface area contributed by atoms with E-state index < -0.39 is 0 Å². The highest BCUT2D eigenvalue weighted by Gasteiger charge is 2.08. The van der Waals surface area contributed by atoms with E-state index in [-0.39, 0.29) is 11.4 Å². The summed E-state index contributed by atoms with van der Waals surface area (Å²) in [6, 6.07) is 14.7. The monoisotopic (exact) mass is 308 g/mol. The third kappa shape index (κ3) is 3.45. The molecule has 0 unspecified atom stereocenters. The Morgan fingerprint density at radius 3 is 2.52 bits per heavy atom. The zero-order valence-corrected chi connectivity index (χ0v) is 13.2. The van der Waals surface area contributed by atoms with E-state index in [0.717, 1.165) is 17.4 Å². The molecule has 0 spiro atoms. The van der Waals surface area contributed by atoms with Crippen molar-refractivity contribution in [2.24, 2.45) is 0 Å². The Balaban J connectivity index is 1.92. The molecule has 0 amide bonds. The van der Waals surface area contributed by atoms with E-state index in [4.69, 9.17) is 4.42 Å². The second kappa shape index (κ2) is 6.69. The van der Waals surface area contributed by atoms with E-state index in [1.54, 1.807) is 12.1 Å². The number of phenolic OH excluding ortho intramolecular Hbond substituents is 1. The molecule has 118 valence electrons. The van der Waals surface area contributed by atoms with Gasteiger partial charge in [0.2, 0.25) is 0 Å². The highest BCUT2D eigenvalue weighted by molar-refractivity contribution is 5.82. The van der Waals surface area contributed by atoms with Crippen molar-refractivity contribution in [3.8, 4) is 16.9 Å². The topological polar surface area (TPSA) is 50.4 Å². The fourth-order valence-corrected chi connectivity index (χ4v) is 2.73. The Labute approximate surface area is 135 Å². The minimum atomic E-state index is -0.387. The van der Waals surface area contributed by atoms with Crippen LogP contribution in [0.1, 0.15) is 31.7 Å². The molecule has 0 saturated heterocycles. The number of unbranched alkanes of at least 4 members (excludes halogenated alkanes) is 2. The normalized spacial score (nSPS) is 11.0. The van der Waals surface area contributed by atoms with Crippen LogP contribution in [0.3, 0.4) is 0 Å². The minimum Gasteiger partial charge on any atom is -0.508 e. The van der Waals surface area contributed by atoms with Crippen molar-refractivity contribution in [2.45, 2.75) is 32.6 Å². The fraction of sp³-hybridized carbons (Fsp3) is 0.250. The lowest BCUT2D eigenvalue weighted by Crippen LogP contribution is -2.02. The first-order chi connectivity index (χ1) is 11.2. The average molecular weight is 308 g/mol. The van der Waals surface area contributed by atoms with Crippen molar-refractivity contribution >= 4 is 11.0 Å². The molecule has 0 fully saturated rings. The molecule has 3 nitrogen and oxygen atoms in total. The van der Waals surface area contributed by atoms with Crippen LogP contribution >= 0.6 is 0 Å². The quantitative estimate of drug-likeness (QED) is 0.539. The van der Waals surface area contributed by atoms with Crippen molar-refractivity contribution in [3.63, 3.8) is 0 Å². The summed E-state index contributed by atoms with van der Waals surface area (Å²) < 4.78 is 5.32. The van der Waals surface area contributed by atoms with Crippen LogP contribution in [0.2, 0.25) is 0 Å². The summed E-state index contributed by atoms with van der Waals surface area (Å²) in [6.45, 7) is 2.20.